The van der Waals surface area contributed by atoms with Crippen molar-refractivity contribution in [3.63, 3.8) is 0 Å². The van der Waals surface area contributed by atoms with Gasteiger partial charge in [-0.1, -0.05) is 12.1 Å². The molecule has 0 aliphatic heterocycles. The van der Waals surface area contributed by atoms with Gasteiger partial charge in [-0.15, -0.1) is 22.7 Å². The summed E-state index contributed by atoms with van der Waals surface area (Å²) in [5.41, 5.74) is 1.73. The van der Waals surface area contributed by atoms with Crippen molar-refractivity contribution in [2.75, 3.05) is 24.4 Å². The third kappa shape index (κ3) is 5.03. The molecule has 34 heavy (non-hydrogen) atoms. The van der Waals surface area contributed by atoms with Crippen LogP contribution in [0.3, 0.4) is 0 Å². The first-order valence-electron chi connectivity index (χ1n) is 10.2. The van der Waals surface area contributed by atoms with Gasteiger partial charge in [-0.3, -0.25) is 9.59 Å². The van der Waals surface area contributed by atoms with Crippen LogP contribution < -0.4 is 15.4 Å². The molecule has 4 rings (SSSR count). The summed E-state index contributed by atoms with van der Waals surface area (Å²) in [5, 5.41) is 8.16. The molecule has 0 atom stereocenters. The fraction of sp³-hybridized carbons (Fsp3) is 0.125. The molecule has 0 aliphatic carbocycles. The zero-order chi connectivity index (χ0) is 24.1. The molecule has 4 aromatic rings. The molecular weight excluding hydrogens is 476 g/mol. The highest BCUT2D eigenvalue weighted by atomic mass is 32.1. The number of esters is 1. The fourth-order valence-corrected chi connectivity index (χ4v) is 4.86. The highest BCUT2D eigenvalue weighted by Crippen LogP contribution is 2.37. The van der Waals surface area contributed by atoms with Crippen LogP contribution in [0.1, 0.15) is 37.5 Å². The zero-order valence-corrected chi connectivity index (χ0v) is 19.9. The van der Waals surface area contributed by atoms with Gasteiger partial charge in [0.25, 0.3) is 11.8 Å². The molecule has 0 spiro atoms. The van der Waals surface area contributed by atoms with E-state index in [9.17, 15) is 14.4 Å². The van der Waals surface area contributed by atoms with Gasteiger partial charge in [-0.25, -0.2) is 4.79 Å². The molecular formula is C24H20N2O6S2. The highest BCUT2D eigenvalue weighted by Gasteiger charge is 2.24. The molecule has 3 heterocycles. The van der Waals surface area contributed by atoms with Crippen molar-refractivity contribution >= 4 is 50.5 Å². The van der Waals surface area contributed by atoms with Crippen LogP contribution in [-0.4, -0.2) is 31.5 Å². The average Bonchev–Trinajstić information content (AvgIpc) is 3.60. The van der Waals surface area contributed by atoms with Crippen LogP contribution in [0.5, 0.6) is 5.75 Å². The van der Waals surface area contributed by atoms with Gasteiger partial charge in [-0.2, -0.15) is 0 Å². The summed E-state index contributed by atoms with van der Waals surface area (Å²) in [6.45, 7) is 1.92. The Kier molecular flexibility index (Phi) is 7.09. The quantitative estimate of drug-likeness (QED) is 0.300. The molecule has 1 aromatic carbocycles. The Balaban J connectivity index is 1.55. The Bertz CT molecular complexity index is 1310. The van der Waals surface area contributed by atoms with Gasteiger partial charge < -0.3 is 24.5 Å². The number of methoxy groups -OCH3 is 1. The lowest BCUT2D eigenvalue weighted by Gasteiger charge is -2.09. The van der Waals surface area contributed by atoms with Crippen LogP contribution in [0.15, 0.2) is 64.6 Å². The van der Waals surface area contributed by atoms with E-state index in [0.29, 0.717) is 26.2 Å². The number of furan rings is 1. The average molecular weight is 497 g/mol. The van der Waals surface area contributed by atoms with E-state index in [-0.39, 0.29) is 17.9 Å². The number of anilines is 2. The molecule has 2 amide bonds. The van der Waals surface area contributed by atoms with Crippen molar-refractivity contribution in [1.29, 1.82) is 0 Å². The second kappa shape index (κ2) is 10.4. The first-order chi connectivity index (χ1) is 16.5. The number of nitrogens with one attached hydrogen (secondary N) is 2. The predicted octanol–water partition coefficient (Wildman–Crippen LogP) is 5.76. The fourth-order valence-electron chi connectivity index (χ4n) is 3.11. The van der Waals surface area contributed by atoms with Crippen LogP contribution in [0.2, 0.25) is 0 Å². The maximum atomic E-state index is 12.9. The molecule has 174 valence electrons. The van der Waals surface area contributed by atoms with E-state index < -0.39 is 17.8 Å². The summed E-state index contributed by atoms with van der Waals surface area (Å²) in [7, 11) is 1.58. The number of benzene rings is 1. The normalized spacial score (nSPS) is 10.5. The van der Waals surface area contributed by atoms with Crippen LogP contribution in [-0.2, 0) is 4.74 Å². The standard InChI is InChI=1S/C24H20N2O6S2/c1-3-31-24(29)20-16(14-6-8-15(30-2)9-7-14)13-33-23(20)26-22(28)18-10-11-19(34-18)25-21(27)17-5-4-12-32-17/h4-13H,3H2,1-2H3,(H,25,27)(H,26,28). The number of thiophene rings is 2. The second-order valence-electron chi connectivity index (χ2n) is 6.85. The number of hydrogen-bond acceptors (Lipinski definition) is 8. The van der Waals surface area contributed by atoms with Crippen molar-refractivity contribution in [2.24, 2.45) is 0 Å². The highest BCUT2D eigenvalue weighted by molar-refractivity contribution is 7.18. The van der Waals surface area contributed by atoms with Gasteiger partial charge >= 0.3 is 5.97 Å². The molecule has 0 radical (unpaired) electrons. The Hall–Kier alpha value is -3.89. The Morgan fingerprint density at radius 2 is 1.79 bits per heavy atom. The molecule has 2 N–H and O–H groups in total. The first kappa shape index (κ1) is 23.3. The maximum absolute atomic E-state index is 12.9. The predicted molar refractivity (Wildman–Crippen MR) is 131 cm³/mol. The topological polar surface area (TPSA) is 107 Å². The molecule has 0 bridgehead atoms. The van der Waals surface area contributed by atoms with E-state index >= 15 is 0 Å². The third-order valence-corrected chi connectivity index (χ3v) is 6.61. The summed E-state index contributed by atoms with van der Waals surface area (Å²) in [6, 6.07) is 13.7. The number of rotatable bonds is 8. The van der Waals surface area contributed by atoms with E-state index in [1.165, 1.54) is 17.6 Å². The Labute approximate surface area is 203 Å². The number of carbonyl (C=O) groups excluding carboxylic acids is 3. The number of ether oxygens (including phenoxy) is 2. The van der Waals surface area contributed by atoms with E-state index in [1.807, 2.05) is 12.1 Å². The minimum atomic E-state index is -0.526. The van der Waals surface area contributed by atoms with Gasteiger partial charge in [0.15, 0.2) is 5.76 Å². The molecule has 3 aromatic heterocycles. The van der Waals surface area contributed by atoms with Crippen LogP contribution >= 0.6 is 22.7 Å². The van der Waals surface area contributed by atoms with Crippen molar-refractivity contribution in [3.8, 4) is 16.9 Å². The zero-order valence-electron chi connectivity index (χ0n) is 18.2. The second-order valence-corrected chi connectivity index (χ2v) is 8.82. The molecule has 0 unspecified atom stereocenters. The van der Waals surface area contributed by atoms with E-state index in [2.05, 4.69) is 10.6 Å². The molecule has 0 saturated carbocycles. The van der Waals surface area contributed by atoms with Crippen LogP contribution in [0.25, 0.3) is 11.1 Å². The molecule has 0 saturated heterocycles. The maximum Gasteiger partial charge on any atom is 0.341 e. The number of carbonyl (C=O) groups is 3. The van der Waals surface area contributed by atoms with Gasteiger partial charge in [-0.05, 0) is 48.9 Å². The van der Waals surface area contributed by atoms with E-state index in [4.69, 9.17) is 13.9 Å². The summed E-state index contributed by atoms with van der Waals surface area (Å²) < 4.78 is 15.5. The summed E-state index contributed by atoms with van der Waals surface area (Å²) in [4.78, 5) is 38.2. The van der Waals surface area contributed by atoms with Crippen molar-refractivity contribution in [1.82, 2.24) is 0 Å². The lowest BCUT2D eigenvalue weighted by Crippen LogP contribution is -2.14. The first-order valence-corrected chi connectivity index (χ1v) is 11.9. The minimum Gasteiger partial charge on any atom is -0.497 e. The summed E-state index contributed by atoms with van der Waals surface area (Å²) >= 11 is 2.34. The van der Waals surface area contributed by atoms with Crippen LogP contribution in [0.4, 0.5) is 10.0 Å². The SMILES string of the molecule is CCOC(=O)c1c(-c2ccc(OC)cc2)csc1NC(=O)c1ccc(NC(=O)c2ccco2)s1. The smallest absolute Gasteiger partial charge is 0.341 e. The molecule has 0 fully saturated rings. The molecule has 8 nitrogen and oxygen atoms in total. The number of amides is 2. The molecule has 10 heteroatoms. The Morgan fingerprint density at radius 3 is 2.47 bits per heavy atom. The van der Waals surface area contributed by atoms with Crippen LogP contribution in [0, 0.1) is 0 Å². The summed E-state index contributed by atoms with van der Waals surface area (Å²) in [5.74, 6) is -0.480. The van der Waals surface area contributed by atoms with Crippen molar-refractivity contribution in [2.45, 2.75) is 6.92 Å². The van der Waals surface area contributed by atoms with Gasteiger partial charge in [0, 0.05) is 10.9 Å². The van der Waals surface area contributed by atoms with E-state index in [0.717, 1.165) is 16.9 Å². The van der Waals surface area contributed by atoms with Gasteiger partial charge in [0.1, 0.15) is 16.3 Å². The lowest BCUT2D eigenvalue weighted by atomic mass is 10.0. The Morgan fingerprint density at radius 1 is 1.00 bits per heavy atom. The van der Waals surface area contributed by atoms with Crippen molar-refractivity contribution < 1.29 is 28.3 Å². The van der Waals surface area contributed by atoms with Gasteiger partial charge in [0.2, 0.25) is 0 Å². The third-order valence-electron chi connectivity index (χ3n) is 4.71. The largest absolute Gasteiger partial charge is 0.497 e. The van der Waals surface area contributed by atoms with Gasteiger partial charge in [0.05, 0.1) is 29.9 Å². The lowest BCUT2D eigenvalue weighted by molar-refractivity contribution is 0.0529. The monoisotopic (exact) mass is 496 g/mol. The van der Waals surface area contributed by atoms with Crippen molar-refractivity contribution in [3.05, 3.63) is 76.4 Å². The molecule has 0 aliphatic rings. The summed E-state index contributed by atoms with van der Waals surface area (Å²) in [6.07, 6.45) is 1.41. The minimum absolute atomic E-state index is 0.170. The van der Waals surface area contributed by atoms with E-state index in [1.54, 1.807) is 55.8 Å². The number of hydrogen-bond donors (Lipinski definition) is 2.